The molecule has 0 aliphatic carbocycles. The lowest BCUT2D eigenvalue weighted by Gasteiger charge is -2.31. The summed E-state index contributed by atoms with van der Waals surface area (Å²) in [7, 11) is 0. The molecule has 7 nitrogen and oxygen atoms in total. The Bertz CT molecular complexity index is 1010. The standard InChI is InChI=1S/C24H29N3O4S2/c1-3-30-21-14-20(27-9-11-29-12-10-27)22(31-4-2)13-19(21)25-23(28)16-33-24-26-18-8-6-5-7-17(18)15-32-24/h5-8,13-14H,3-4,9-12,15-16H2,1-2H3,(H,25,28). The van der Waals surface area contributed by atoms with Crippen LogP contribution < -0.4 is 19.7 Å². The molecule has 2 aromatic rings. The van der Waals surface area contributed by atoms with Crippen molar-refractivity contribution in [3.8, 4) is 11.5 Å². The van der Waals surface area contributed by atoms with Crippen molar-refractivity contribution in [3.63, 3.8) is 0 Å². The molecule has 2 heterocycles. The summed E-state index contributed by atoms with van der Waals surface area (Å²) in [4.78, 5) is 19.7. The maximum atomic E-state index is 12.8. The topological polar surface area (TPSA) is 72.4 Å². The Morgan fingerprint density at radius 1 is 1.15 bits per heavy atom. The molecule has 4 rings (SSSR count). The Hall–Kier alpha value is -2.36. The fraction of sp³-hybridized carbons (Fsp3) is 0.417. The van der Waals surface area contributed by atoms with Crippen LogP contribution in [0.2, 0.25) is 0 Å². The third-order valence-electron chi connectivity index (χ3n) is 5.17. The summed E-state index contributed by atoms with van der Waals surface area (Å²) in [6.07, 6.45) is 0. The summed E-state index contributed by atoms with van der Waals surface area (Å²) in [5.41, 5.74) is 3.79. The van der Waals surface area contributed by atoms with Crippen molar-refractivity contribution in [2.24, 2.45) is 4.99 Å². The number of morpholine rings is 1. The largest absolute Gasteiger partial charge is 0.492 e. The zero-order chi connectivity index (χ0) is 23.0. The number of anilines is 2. The van der Waals surface area contributed by atoms with Gasteiger partial charge in [-0.3, -0.25) is 4.79 Å². The lowest BCUT2D eigenvalue weighted by Crippen LogP contribution is -2.36. The van der Waals surface area contributed by atoms with Crippen LogP contribution in [0, 0.1) is 0 Å². The van der Waals surface area contributed by atoms with Gasteiger partial charge >= 0.3 is 0 Å². The van der Waals surface area contributed by atoms with Gasteiger partial charge in [-0.15, -0.1) is 0 Å². The molecule has 176 valence electrons. The third-order valence-corrected chi connectivity index (χ3v) is 7.41. The molecule has 9 heteroatoms. The van der Waals surface area contributed by atoms with Crippen LogP contribution in [-0.2, 0) is 15.3 Å². The lowest BCUT2D eigenvalue weighted by atomic mass is 10.2. The number of nitrogens with zero attached hydrogens (tertiary/aromatic N) is 2. The summed E-state index contributed by atoms with van der Waals surface area (Å²) in [5.74, 6) is 2.41. The number of benzene rings is 2. The minimum absolute atomic E-state index is 0.107. The molecule has 1 amide bonds. The first-order valence-corrected chi connectivity index (χ1v) is 13.1. The van der Waals surface area contributed by atoms with Gasteiger partial charge in [0.05, 0.1) is 49.2 Å². The highest BCUT2D eigenvalue weighted by molar-refractivity contribution is 8.38. The second kappa shape index (κ2) is 11.7. The van der Waals surface area contributed by atoms with E-state index < -0.39 is 0 Å². The Morgan fingerprint density at radius 2 is 1.91 bits per heavy atom. The van der Waals surface area contributed by atoms with Gasteiger partial charge in [0, 0.05) is 31.0 Å². The summed E-state index contributed by atoms with van der Waals surface area (Å²) in [5, 5.41) is 3.01. The Kier molecular flexibility index (Phi) is 8.41. The highest BCUT2D eigenvalue weighted by atomic mass is 32.2. The average Bonchev–Trinajstić information content (AvgIpc) is 2.85. The lowest BCUT2D eigenvalue weighted by molar-refractivity contribution is -0.113. The molecule has 1 saturated heterocycles. The van der Waals surface area contributed by atoms with E-state index in [0.717, 1.165) is 40.3 Å². The van der Waals surface area contributed by atoms with Gasteiger partial charge in [-0.1, -0.05) is 41.7 Å². The first kappa shape index (κ1) is 23.8. The minimum Gasteiger partial charge on any atom is -0.492 e. The molecular weight excluding hydrogens is 458 g/mol. The van der Waals surface area contributed by atoms with E-state index in [4.69, 9.17) is 14.2 Å². The fourth-order valence-corrected chi connectivity index (χ4v) is 5.51. The van der Waals surface area contributed by atoms with Crippen LogP contribution in [-0.4, -0.2) is 55.6 Å². The normalized spacial score (nSPS) is 15.5. The van der Waals surface area contributed by atoms with E-state index in [1.807, 2.05) is 44.2 Å². The van der Waals surface area contributed by atoms with Crippen LogP contribution >= 0.6 is 23.5 Å². The number of amides is 1. The van der Waals surface area contributed by atoms with Gasteiger partial charge in [0.1, 0.15) is 15.9 Å². The molecule has 33 heavy (non-hydrogen) atoms. The van der Waals surface area contributed by atoms with E-state index in [1.165, 1.54) is 17.3 Å². The third kappa shape index (κ3) is 6.16. The van der Waals surface area contributed by atoms with Gasteiger partial charge in [0.2, 0.25) is 5.91 Å². The molecule has 0 saturated carbocycles. The quantitative estimate of drug-likeness (QED) is 0.566. The predicted octanol–water partition coefficient (Wildman–Crippen LogP) is 4.93. The maximum Gasteiger partial charge on any atom is 0.234 e. The van der Waals surface area contributed by atoms with Crippen LogP contribution in [0.5, 0.6) is 11.5 Å². The number of carbonyl (C=O) groups is 1. The number of carbonyl (C=O) groups excluding carboxylic acids is 1. The summed E-state index contributed by atoms with van der Waals surface area (Å²) in [6.45, 7) is 7.86. The van der Waals surface area contributed by atoms with E-state index in [2.05, 4.69) is 21.3 Å². The average molecular weight is 488 g/mol. The van der Waals surface area contributed by atoms with Gasteiger partial charge < -0.3 is 24.4 Å². The van der Waals surface area contributed by atoms with E-state index in [9.17, 15) is 4.79 Å². The van der Waals surface area contributed by atoms with Crippen LogP contribution in [0.15, 0.2) is 41.4 Å². The van der Waals surface area contributed by atoms with Gasteiger partial charge in [-0.25, -0.2) is 4.99 Å². The smallest absolute Gasteiger partial charge is 0.234 e. The number of nitrogens with one attached hydrogen (secondary N) is 1. The second-order valence-electron chi connectivity index (χ2n) is 7.41. The molecule has 0 aromatic heterocycles. The number of hydrogen-bond donors (Lipinski definition) is 1. The predicted molar refractivity (Wildman–Crippen MR) is 138 cm³/mol. The zero-order valence-corrected chi connectivity index (χ0v) is 20.6. The Balaban J connectivity index is 1.47. The van der Waals surface area contributed by atoms with E-state index in [1.54, 1.807) is 11.8 Å². The number of ether oxygens (including phenoxy) is 3. The molecule has 0 atom stereocenters. The minimum atomic E-state index is -0.107. The summed E-state index contributed by atoms with van der Waals surface area (Å²) < 4.78 is 18.2. The van der Waals surface area contributed by atoms with Gasteiger partial charge in [0.25, 0.3) is 0 Å². The number of hydrogen-bond acceptors (Lipinski definition) is 8. The Labute approximate surface area is 203 Å². The molecule has 1 N–H and O–H groups in total. The summed E-state index contributed by atoms with van der Waals surface area (Å²) >= 11 is 3.12. The number of thioether (sulfide) groups is 2. The van der Waals surface area contributed by atoms with Crippen LogP contribution in [0.25, 0.3) is 0 Å². The van der Waals surface area contributed by atoms with Crippen molar-refractivity contribution in [1.82, 2.24) is 0 Å². The van der Waals surface area contributed by atoms with Crippen molar-refractivity contribution < 1.29 is 19.0 Å². The number of fused-ring (bicyclic) bond motifs is 1. The van der Waals surface area contributed by atoms with E-state index in [0.29, 0.717) is 37.9 Å². The van der Waals surface area contributed by atoms with Crippen molar-refractivity contribution in [1.29, 1.82) is 0 Å². The number of aliphatic imine (C=N–C) groups is 1. The first-order chi connectivity index (χ1) is 16.2. The molecule has 2 aliphatic heterocycles. The SMILES string of the molecule is CCOc1cc(N2CCOCC2)c(OCC)cc1NC(=O)CSC1=Nc2ccccc2CS1. The number of para-hydroxylation sites is 1. The molecule has 0 bridgehead atoms. The molecule has 1 fully saturated rings. The highest BCUT2D eigenvalue weighted by Gasteiger charge is 2.21. The van der Waals surface area contributed by atoms with Crippen molar-refractivity contribution >= 4 is 50.9 Å². The zero-order valence-electron chi connectivity index (χ0n) is 19.0. The second-order valence-corrected chi connectivity index (χ2v) is 9.60. The molecular formula is C24H29N3O4S2. The molecule has 2 aliphatic rings. The van der Waals surface area contributed by atoms with Crippen LogP contribution in [0.4, 0.5) is 17.1 Å². The van der Waals surface area contributed by atoms with Crippen LogP contribution in [0.3, 0.4) is 0 Å². The molecule has 2 aromatic carbocycles. The molecule has 0 spiro atoms. The van der Waals surface area contributed by atoms with Crippen LogP contribution in [0.1, 0.15) is 19.4 Å². The van der Waals surface area contributed by atoms with Gasteiger partial charge in [0.15, 0.2) is 0 Å². The van der Waals surface area contributed by atoms with E-state index in [-0.39, 0.29) is 11.7 Å². The van der Waals surface area contributed by atoms with Crippen molar-refractivity contribution in [3.05, 3.63) is 42.0 Å². The summed E-state index contributed by atoms with van der Waals surface area (Å²) in [6, 6.07) is 11.9. The van der Waals surface area contributed by atoms with Crippen molar-refractivity contribution in [2.45, 2.75) is 19.6 Å². The first-order valence-electron chi connectivity index (χ1n) is 11.2. The Morgan fingerprint density at radius 3 is 2.70 bits per heavy atom. The van der Waals surface area contributed by atoms with Crippen molar-refractivity contribution in [2.75, 3.05) is 55.5 Å². The maximum absolute atomic E-state index is 12.8. The monoisotopic (exact) mass is 487 g/mol. The van der Waals surface area contributed by atoms with Gasteiger partial charge in [-0.2, -0.15) is 0 Å². The fourth-order valence-electron chi connectivity index (χ4n) is 3.64. The molecule has 0 radical (unpaired) electrons. The highest BCUT2D eigenvalue weighted by Crippen LogP contribution is 2.40. The number of rotatable bonds is 8. The molecule has 0 unspecified atom stereocenters. The van der Waals surface area contributed by atoms with E-state index >= 15 is 0 Å². The van der Waals surface area contributed by atoms with Gasteiger partial charge in [-0.05, 0) is 25.5 Å².